The van der Waals surface area contributed by atoms with Crippen LogP contribution < -0.4 is 30.7 Å². The quantitative estimate of drug-likeness (QED) is 0.161. The van der Waals surface area contributed by atoms with Crippen LogP contribution in [0, 0.1) is 11.7 Å². The molecule has 0 atom stereocenters. The molecule has 0 radical (unpaired) electrons. The van der Waals surface area contributed by atoms with Gasteiger partial charge in [0.25, 0.3) is 0 Å². The van der Waals surface area contributed by atoms with E-state index in [9.17, 15) is 14.7 Å². The fourth-order valence-corrected chi connectivity index (χ4v) is 10.5. The zero-order chi connectivity index (χ0) is 44.2. The highest BCUT2D eigenvalue weighted by Gasteiger charge is 2.42. The number of urea groups is 1. The van der Waals surface area contributed by atoms with Crippen molar-refractivity contribution in [1.82, 2.24) is 30.0 Å². The Bertz CT molecular complexity index is 2590. The minimum Gasteiger partial charge on any atom is -0.507 e. The smallest absolute Gasteiger partial charge is 0.328 e. The number of nitrogens with zero attached hydrogens (tertiary/aromatic N) is 9. The highest BCUT2D eigenvalue weighted by atomic mass is 19.1. The average Bonchev–Trinajstić information content (AvgIpc) is 4.11. The average molecular weight is 886 g/mol. The van der Waals surface area contributed by atoms with Crippen molar-refractivity contribution in [2.24, 2.45) is 5.92 Å². The number of piperazine rings is 1. The van der Waals surface area contributed by atoms with Crippen LogP contribution in [0.4, 0.5) is 37.8 Å². The second kappa shape index (κ2) is 17.1. The number of rotatable bonds is 9. The summed E-state index contributed by atoms with van der Waals surface area (Å²) >= 11 is 0. The number of halogens is 1. The number of nitrogens with one attached hydrogen (secondary N) is 1. The van der Waals surface area contributed by atoms with Crippen LogP contribution in [-0.2, 0) is 14.3 Å². The SMILES string of the molecule is Nc1nnc(-c2ccccc2O)cc1N1CCN(c2ccc(F)c(N3CCC(CN4CCC5(CC4)OCC(n4cc(C6CC6)c6cc(N7CCC(=O)NC7=O)cnc64)CO5)CC3)c2)CC1. The lowest BCUT2D eigenvalue weighted by molar-refractivity contribution is -0.295. The number of hydrogen-bond donors (Lipinski definition) is 3. The lowest BCUT2D eigenvalue weighted by Crippen LogP contribution is -2.53. The molecule has 3 aromatic heterocycles. The number of para-hydroxylation sites is 1. The second-order valence-corrected chi connectivity index (χ2v) is 18.6. The van der Waals surface area contributed by atoms with E-state index in [0.717, 1.165) is 107 Å². The maximum absolute atomic E-state index is 15.5. The molecule has 5 saturated heterocycles. The molecule has 4 N–H and O–H groups in total. The van der Waals surface area contributed by atoms with Crippen LogP contribution in [0.1, 0.15) is 62.5 Å². The molecule has 340 valence electrons. The third kappa shape index (κ3) is 8.29. The number of anilines is 5. The Balaban J connectivity index is 0.658. The van der Waals surface area contributed by atoms with Crippen LogP contribution in [0.15, 0.2) is 67.0 Å². The number of piperidine rings is 2. The minimum absolute atomic E-state index is 0.00849. The van der Waals surface area contributed by atoms with Gasteiger partial charge in [-0.15, -0.1) is 10.2 Å². The molecule has 2 aromatic carbocycles. The van der Waals surface area contributed by atoms with E-state index >= 15 is 4.39 Å². The van der Waals surface area contributed by atoms with Crippen LogP contribution in [0.2, 0.25) is 0 Å². The number of amides is 3. The fraction of sp³-hybridized carbons (Fsp3) is 0.479. The molecule has 65 heavy (non-hydrogen) atoms. The van der Waals surface area contributed by atoms with E-state index in [1.165, 1.54) is 5.56 Å². The van der Waals surface area contributed by atoms with Gasteiger partial charge in [-0.2, -0.15) is 0 Å². The number of fused-ring (bicyclic) bond motifs is 1. The number of imide groups is 1. The number of nitrogen functional groups attached to an aromatic ring is 1. The Morgan fingerprint density at radius 2 is 1.55 bits per heavy atom. The number of carbonyl (C=O) groups excluding carboxylic acids is 2. The Morgan fingerprint density at radius 1 is 0.815 bits per heavy atom. The predicted octanol–water partition coefficient (Wildman–Crippen LogP) is 5.87. The van der Waals surface area contributed by atoms with Gasteiger partial charge in [0, 0.05) is 108 Å². The Kier molecular flexibility index (Phi) is 10.9. The number of aromatic hydroxyl groups is 1. The molecule has 17 heteroatoms. The van der Waals surface area contributed by atoms with Crippen LogP contribution >= 0.6 is 0 Å². The first-order valence-electron chi connectivity index (χ1n) is 23.2. The van der Waals surface area contributed by atoms with Gasteiger partial charge in [-0.25, -0.2) is 14.2 Å². The van der Waals surface area contributed by atoms with Gasteiger partial charge >= 0.3 is 6.03 Å². The van der Waals surface area contributed by atoms with Gasteiger partial charge in [0.2, 0.25) is 5.91 Å². The molecule has 16 nitrogen and oxygen atoms in total. The normalized spacial score (nSPS) is 21.4. The third-order valence-corrected chi connectivity index (χ3v) is 14.5. The van der Waals surface area contributed by atoms with E-state index in [1.807, 2.05) is 36.4 Å². The van der Waals surface area contributed by atoms with Gasteiger partial charge in [0.1, 0.15) is 17.2 Å². The summed E-state index contributed by atoms with van der Waals surface area (Å²) in [5.41, 5.74) is 12.8. The van der Waals surface area contributed by atoms with Crippen molar-refractivity contribution in [2.75, 3.05) is 104 Å². The lowest BCUT2D eigenvalue weighted by Gasteiger charge is -2.46. The van der Waals surface area contributed by atoms with Crippen molar-refractivity contribution < 1.29 is 28.6 Å². The van der Waals surface area contributed by atoms with E-state index in [0.29, 0.717) is 73.1 Å². The summed E-state index contributed by atoms with van der Waals surface area (Å²) < 4.78 is 30.9. The Morgan fingerprint density at radius 3 is 2.29 bits per heavy atom. The van der Waals surface area contributed by atoms with Crippen LogP contribution in [-0.4, -0.2) is 126 Å². The van der Waals surface area contributed by atoms with Gasteiger partial charge in [0.05, 0.1) is 48.2 Å². The van der Waals surface area contributed by atoms with E-state index in [1.54, 1.807) is 29.3 Å². The second-order valence-electron chi connectivity index (χ2n) is 18.6. The van der Waals surface area contributed by atoms with Crippen molar-refractivity contribution in [3.05, 3.63) is 78.4 Å². The lowest BCUT2D eigenvalue weighted by atomic mass is 9.94. The van der Waals surface area contributed by atoms with Gasteiger partial charge in [-0.1, -0.05) is 12.1 Å². The number of hydrogen-bond acceptors (Lipinski definition) is 13. The molecular formula is C48H56FN11O5. The number of nitrogens with two attached hydrogens (primary N) is 1. The molecule has 1 aliphatic carbocycles. The number of phenolic OH excluding ortho intramolecular Hbond substituents is 1. The Labute approximate surface area is 377 Å². The highest BCUT2D eigenvalue weighted by molar-refractivity contribution is 6.06. The van der Waals surface area contributed by atoms with Crippen LogP contribution in [0.5, 0.6) is 5.75 Å². The van der Waals surface area contributed by atoms with Crippen molar-refractivity contribution >= 4 is 51.5 Å². The number of aromatic nitrogens is 4. The monoisotopic (exact) mass is 885 g/mol. The molecule has 1 spiro atoms. The molecule has 3 amide bonds. The molecular weight excluding hydrogens is 830 g/mol. The van der Waals surface area contributed by atoms with Crippen molar-refractivity contribution in [3.8, 4) is 17.0 Å². The Hall–Kier alpha value is -6.04. The number of pyridine rings is 1. The van der Waals surface area contributed by atoms with Crippen LogP contribution in [0.3, 0.4) is 0 Å². The summed E-state index contributed by atoms with van der Waals surface area (Å²) in [6.45, 7) is 8.82. The summed E-state index contributed by atoms with van der Waals surface area (Å²) in [7, 11) is 0. The van der Waals surface area contributed by atoms with Crippen molar-refractivity contribution in [3.63, 3.8) is 0 Å². The number of ether oxygens (including phenoxy) is 2. The van der Waals surface area contributed by atoms with Gasteiger partial charge in [-0.05, 0) is 85.5 Å². The molecule has 1 saturated carbocycles. The van der Waals surface area contributed by atoms with Crippen molar-refractivity contribution in [2.45, 2.75) is 62.7 Å². The van der Waals surface area contributed by atoms with E-state index in [-0.39, 0.29) is 29.9 Å². The largest absolute Gasteiger partial charge is 0.507 e. The first kappa shape index (κ1) is 41.7. The first-order chi connectivity index (χ1) is 31.7. The number of likely N-dealkylation sites (tertiary alicyclic amines) is 1. The number of carbonyl (C=O) groups is 2. The maximum Gasteiger partial charge on any atom is 0.328 e. The number of benzene rings is 2. The zero-order valence-corrected chi connectivity index (χ0v) is 36.6. The first-order valence-corrected chi connectivity index (χ1v) is 23.2. The van der Waals surface area contributed by atoms with Gasteiger partial charge < -0.3 is 44.5 Å². The van der Waals surface area contributed by atoms with Gasteiger partial charge in [0.15, 0.2) is 11.6 Å². The fourth-order valence-electron chi connectivity index (χ4n) is 10.5. The summed E-state index contributed by atoms with van der Waals surface area (Å²) in [5.74, 6) is 0.511. The molecule has 11 rings (SSSR count). The summed E-state index contributed by atoms with van der Waals surface area (Å²) in [6, 6.07) is 16.1. The van der Waals surface area contributed by atoms with E-state index in [4.69, 9.17) is 20.2 Å². The zero-order valence-electron chi connectivity index (χ0n) is 36.6. The number of phenols is 1. The summed E-state index contributed by atoms with van der Waals surface area (Å²) in [5, 5.41) is 22.3. The maximum atomic E-state index is 15.5. The summed E-state index contributed by atoms with van der Waals surface area (Å²) in [6.07, 6.45) is 10.1. The molecule has 6 fully saturated rings. The molecule has 5 aromatic rings. The summed E-state index contributed by atoms with van der Waals surface area (Å²) in [4.78, 5) is 40.1. The minimum atomic E-state index is -0.576. The molecule has 6 aliphatic rings. The molecule has 0 unspecified atom stereocenters. The van der Waals surface area contributed by atoms with Crippen LogP contribution in [0.25, 0.3) is 22.3 Å². The molecule has 8 heterocycles. The third-order valence-electron chi connectivity index (χ3n) is 14.5. The standard InChI is InChI=1S/C48H56FN11O5/c49-39-8-7-33(56-19-21-58(22-20-56)42-25-40(53-54-45(42)50)36-3-1-2-4-43(36)61)24-41(39)57-14-9-31(10-15-57)27-55-17-12-48(13-18-55)64-29-35(30-65-48)60-28-38(32-5-6-32)37-23-34(26-51-46(37)60)59-16-11-44(62)52-47(59)63/h1-4,7-8,23-26,28,31-32,35,61H,5-6,9-22,27,29-30H2,(H2,50,54)(H,52,62,63). The predicted molar refractivity (Wildman–Crippen MR) is 246 cm³/mol. The molecule has 0 bridgehead atoms. The highest BCUT2D eigenvalue weighted by Crippen LogP contribution is 2.46. The van der Waals surface area contributed by atoms with E-state index < -0.39 is 11.8 Å². The van der Waals surface area contributed by atoms with E-state index in [2.05, 4.69) is 45.9 Å². The van der Waals surface area contributed by atoms with Gasteiger partial charge in [-0.3, -0.25) is 15.0 Å². The topological polar surface area (TPSA) is 171 Å². The molecule has 5 aliphatic heterocycles. The van der Waals surface area contributed by atoms with Crippen molar-refractivity contribution in [1.29, 1.82) is 0 Å².